The minimum absolute atomic E-state index is 0.0728. The Bertz CT molecular complexity index is 1160. The van der Waals surface area contributed by atoms with Crippen LogP contribution in [0.3, 0.4) is 0 Å². The molecule has 1 atom stereocenters. The third-order valence-corrected chi connectivity index (χ3v) is 14.7. The molecule has 0 aliphatic rings. The van der Waals surface area contributed by atoms with Gasteiger partial charge in [0.2, 0.25) is 0 Å². The van der Waals surface area contributed by atoms with Crippen molar-refractivity contribution in [1.29, 1.82) is 0 Å². The van der Waals surface area contributed by atoms with E-state index in [2.05, 4.69) is 45.1 Å². The molecule has 0 aliphatic carbocycles. The quantitative estimate of drug-likeness (QED) is 0.0261. The maximum absolute atomic E-state index is 12.9. The fraction of sp³-hybridized carbons (Fsp3) is 0.894. The number of carbonyl (C=O) groups excluding carboxylic acids is 3. The first kappa shape index (κ1) is 69.9. The van der Waals surface area contributed by atoms with E-state index < -0.39 is 6.10 Å². The summed E-state index contributed by atoms with van der Waals surface area (Å²) in [5, 5.41) is 0. The van der Waals surface area contributed by atoms with Gasteiger partial charge in [0.25, 0.3) is 0 Å². The zero-order valence-corrected chi connectivity index (χ0v) is 48.7. The fourth-order valence-corrected chi connectivity index (χ4v) is 9.80. The number of allylic oxidation sites excluding steroid dienone is 4. The number of rotatable bonds is 60. The van der Waals surface area contributed by atoms with E-state index in [1.54, 1.807) is 0 Å². The van der Waals surface area contributed by atoms with Gasteiger partial charge in [0, 0.05) is 19.3 Å². The van der Waals surface area contributed by atoms with E-state index >= 15 is 0 Å². The van der Waals surface area contributed by atoms with Crippen molar-refractivity contribution in [2.45, 2.75) is 367 Å². The lowest BCUT2D eigenvalue weighted by Gasteiger charge is -2.18. The Kier molecular flexibility index (Phi) is 59.6. The van der Waals surface area contributed by atoms with Gasteiger partial charge in [0.1, 0.15) is 13.2 Å². The minimum Gasteiger partial charge on any atom is -0.462 e. The second-order valence-corrected chi connectivity index (χ2v) is 22.0. The summed E-state index contributed by atoms with van der Waals surface area (Å²) in [6, 6.07) is 0. The predicted molar refractivity (Wildman–Crippen MR) is 312 cm³/mol. The van der Waals surface area contributed by atoms with Crippen molar-refractivity contribution >= 4 is 17.9 Å². The summed E-state index contributed by atoms with van der Waals surface area (Å²) in [6.07, 6.45) is 73.6. The van der Waals surface area contributed by atoms with E-state index in [-0.39, 0.29) is 31.1 Å². The van der Waals surface area contributed by atoms with E-state index in [4.69, 9.17) is 14.2 Å². The Morgan fingerprint density at radius 2 is 0.486 bits per heavy atom. The van der Waals surface area contributed by atoms with Gasteiger partial charge in [-0.3, -0.25) is 14.4 Å². The topological polar surface area (TPSA) is 78.9 Å². The summed E-state index contributed by atoms with van der Waals surface area (Å²) in [6.45, 7) is 6.62. The molecule has 0 spiro atoms. The zero-order valence-electron chi connectivity index (χ0n) is 48.7. The van der Waals surface area contributed by atoms with Gasteiger partial charge >= 0.3 is 17.9 Å². The molecule has 6 heteroatoms. The average Bonchev–Trinajstić information content (AvgIpc) is 3.38. The normalized spacial score (nSPS) is 12.1. The van der Waals surface area contributed by atoms with Crippen molar-refractivity contribution < 1.29 is 28.6 Å². The Morgan fingerprint density at radius 1 is 0.264 bits per heavy atom. The number of esters is 3. The van der Waals surface area contributed by atoms with Crippen LogP contribution >= 0.6 is 0 Å². The molecule has 0 saturated heterocycles. The van der Waals surface area contributed by atoms with Crippen molar-refractivity contribution in [2.24, 2.45) is 0 Å². The van der Waals surface area contributed by atoms with Crippen LogP contribution in [0.25, 0.3) is 0 Å². The van der Waals surface area contributed by atoms with Crippen molar-refractivity contribution in [3.63, 3.8) is 0 Å². The van der Waals surface area contributed by atoms with Crippen molar-refractivity contribution in [1.82, 2.24) is 0 Å². The summed E-state index contributed by atoms with van der Waals surface area (Å²) in [4.78, 5) is 38.1. The summed E-state index contributed by atoms with van der Waals surface area (Å²) < 4.78 is 16.9. The fourth-order valence-electron chi connectivity index (χ4n) is 9.80. The first-order valence-electron chi connectivity index (χ1n) is 32.3. The Labute approximate surface area is 449 Å². The minimum atomic E-state index is -0.775. The van der Waals surface area contributed by atoms with Crippen LogP contribution < -0.4 is 0 Å². The smallest absolute Gasteiger partial charge is 0.306 e. The molecular formula is C66H124O6. The molecule has 0 fully saturated rings. The molecule has 72 heavy (non-hydrogen) atoms. The number of hydrogen-bond acceptors (Lipinski definition) is 6. The molecule has 0 saturated carbocycles. The highest BCUT2D eigenvalue weighted by atomic mass is 16.6. The first-order valence-corrected chi connectivity index (χ1v) is 32.3. The predicted octanol–water partition coefficient (Wildman–Crippen LogP) is 21.8. The third kappa shape index (κ3) is 58.8. The maximum Gasteiger partial charge on any atom is 0.306 e. The number of carbonyl (C=O) groups is 3. The lowest BCUT2D eigenvalue weighted by Crippen LogP contribution is -2.30. The van der Waals surface area contributed by atoms with Gasteiger partial charge in [-0.05, 0) is 64.2 Å². The summed E-state index contributed by atoms with van der Waals surface area (Å²) >= 11 is 0. The van der Waals surface area contributed by atoms with Gasteiger partial charge in [-0.1, -0.05) is 302 Å². The highest BCUT2D eigenvalue weighted by Gasteiger charge is 2.19. The molecule has 0 rings (SSSR count). The molecule has 0 aromatic carbocycles. The molecule has 1 unspecified atom stereocenters. The van der Waals surface area contributed by atoms with Gasteiger partial charge in [-0.25, -0.2) is 0 Å². The van der Waals surface area contributed by atoms with Crippen LogP contribution in [0.5, 0.6) is 0 Å². The largest absolute Gasteiger partial charge is 0.462 e. The average molecular weight is 1010 g/mol. The molecule has 0 heterocycles. The number of hydrogen-bond donors (Lipinski definition) is 0. The molecule has 0 bridgehead atoms. The molecule has 0 aromatic heterocycles. The van der Waals surface area contributed by atoms with Crippen LogP contribution in [0.4, 0.5) is 0 Å². The highest BCUT2D eigenvalue weighted by Crippen LogP contribution is 2.18. The van der Waals surface area contributed by atoms with Gasteiger partial charge in [0.15, 0.2) is 6.10 Å². The standard InChI is InChI=1S/C66H124O6/c1-4-7-10-13-16-19-22-24-26-28-29-30-31-32-33-34-35-36-37-38-39-41-42-44-47-50-53-56-59-65(68)71-62-63(61-70-64(67)58-55-52-49-46-21-18-15-12-9-6-3)72-66(69)60-57-54-51-48-45-43-40-27-25-23-20-17-14-11-8-5-2/h12,15,27,40,63H,4-11,13-14,16-26,28-39,41-62H2,1-3H3/b15-12-,40-27-. The van der Waals surface area contributed by atoms with E-state index in [1.165, 1.54) is 244 Å². The van der Waals surface area contributed by atoms with Gasteiger partial charge < -0.3 is 14.2 Å². The van der Waals surface area contributed by atoms with Crippen LogP contribution in [0.2, 0.25) is 0 Å². The molecule has 0 amide bonds. The zero-order chi connectivity index (χ0) is 52.2. The van der Waals surface area contributed by atoms with E-state index in [9.17, 15) is 14.4 Å². The molecule has 0 aromatic rings. The summed E-state index contributed by atoms with van der Waals surface area (Å²) in [5.41, 5.74) is 0. The lowest BCUT2D eigenvalue weighted by molar-refractivity contribution is -0.167. The SMILES string of the molecule is CCC/C=C\CCCCCCCC(=O)OCC(COC(=O)CCCCCCCCCCCCCCCCCCCCCCCCCCCCCC)OC(=O)CCCCCCC/C=C\CCCCCCCCC. The summed E-state index contributed by atoms with van der Waals surface area (Å²) in [5.74, 6) is -0.871. The van der Waals surface area contributed by atoms with E-state index in [0.717, 1.165) is 77.0 Å². The Morgan fingerprint density at radius 3 is 0.750 bits per heavy atom. The first-order chi connectivity index (χ1) is 35.5. The van der Waals surface area contributed by atoms with Gasteiger partial charge in [0.05, 0.1) is 0 Å². The Hall–Kier alpha value is -2.11. The van der Waals surface area contributed by atoms with Crippen molar-refractivity contribution in [3.8, 4) is 0 Å². The van der Waals surface area contributed by atoms with Crippen LogP contribution in [0.15, 0.2) is 24.3 Å². The van der Waals surface area contributed by atoms with Gasteiger partial charge in [-0.15, -0.1) is 0 Å². The second-order valence-electron chi connectivity index (χ2n) is 22.0. The van der Waals surface area contributed by atoms with Crippen LogP contribution in [0, 0.1) is 0 Å². The lowest BCUT2D eigenvalue weighted by atomic mass is 10.0. The molecular weight excluding hydrogens is 889 g/mol. The second kappa shape index (κ2) is 61.4. The Balaban J connectivity index is 4.11. The van der Waals surface area contributed by atoms with Crippen molar-refractivity contribution in [2.75, 3.05) is 13.2 Å². The van der Waals surface area contributed by atoms with Crippen molar-refractivity contribution in [3.05, 3.63) is 24.3 Å². The third-order valence-electron chi connectivity index (χ3n) is 14.7. The summed E-state index contributed by atoms with van der Waals surface area (Å²) in [7, 11) is 0. The molecule has 424 valence electrons. The van der Waals surface area contributed by atoms with Crippen LogP contribution in [0.1, 0.15) is 361 Å². The van der Waals surface area contributed by atoms with E-state index in [1.807, 2.05) is 0 Å². The number of unbranched alkanes of at least 4 members (excludes halogenated alkanes) is 45. The van der Waals surface area contributed by atoms with Crippen LogP contribution in [-0.2, 0) is 28.6 Å². The molecule has 0 radical (unpaired) electrons. The molecule has 0 aliphatic heterocycles. The number of ether oxygens (including phenoxy) is 3. The molecule has 0 N–H and O–H groups in total. The maximum atomic E-state index is 12.9. The molecule has 6 nitrogen and oxygen atoms in total. The van der Waals surface area contributed by atoms with Gasteiger partial charge in [-0.2, -0.15) is 0 Å². The van der Waals surface area contributed by atoms with E-state index in [0.29, 0.717) is 19.3 Å². The van der Waals surface area contributed by atoms with Crippen LogP contribution in [-0.4, -0.2) is 37.2 Å². The highest BCUT2D eigenvalue weighted by molar-refractivity contribution is 5.71. The monoisotopic (exact) mass is 1010 g/mol.